The van der Waals surface area contributed by atoms with Gasteiger partial charge in [0.05, 0.1) is 24.9 Å². The lowest BCUT2D eigenvalue weighted by Crippen LogP contribution is -2.56. The number of halogens is 1. The summed E-state index contributed by atoms with van der Waals surface area (Å²) in [5.74, 6) is 3.04. The second kappa shape index (κ2) is 8.63. The molecular formula is C24H30ClN3O3. The number of ether oxygens (including phenoxy) is 2. The summed E-state index contributed by atoms with van der Waals surface area (Å²) in [6, 6.07) is 5.36. The number of rotatable bonds is 7. The van der Waals surface area contributed by atoms with Crippen molar-refractivity contribution >= 4 is 23.2 Å². The third-order valence-electron chi connectivity index (χ3n) is 7.56. The zero-order valence-corrected chi connectivity index (χ0v) is 19.1. The van der Waals surface area contributed by atoms with Gasteiger partial charge in [0.25, 0.3) is 5.91 Å². The molecule has 0 heterocycles. The average Bonchev–Trinajstić information content (AvgIpc) is 2.73. The number of amides is 1. The Morgan fingerprint density at radius 3 is 2.26 bits per heavy atom. The second-order valence-electron chi connectivity index (χ2n) is 9.48. The van der Waals surface area contributed by atoms with Gasteiger partial charge in [-0.2, -0.15) is 5.26 Å². The summed E-state index contributed by atoms with van der Waals surface area (Å²) < 4.78 is 10.6. The molecule has 7 heteroatoms. The molecule has 4 aliphatic rings. The van der Waals surface area contributed by atoms with Crippen LogP contribution >= 0.6 is 11.6 Å². The number of carbonyl (C=O) groups excluding carboxylic acids is 1. The molecule has 0 spiro atoms. The molecule has 4 aliphatic carbocycles. The Morgan fingerprint density at radius 1 is 1.16 bits per heavy atom. The average molecular weight is 444 g/mol. The molecule has 4 fully saturated rings. The predicted octanol–water partition coefficient (Wildman–Crippen LogP) is 4.90. The second-order valence-corrected chi connectivity index (χ2v) is 9.88. The first-order chi connectivity index (χ1) is 14.9. The van der Waals surface area contributed by atoms with E-state index in [1.165, 1.54) is 58.9 Å². The van der Waals surface area contributed by atoms with E-state index in [1.807, 2.05) is 6.07 Å². The van der Waals surface area contributed by atoms with Crippen LogP contribution in [0.1, 0.15) is 45.4 Å². The first kappa shape index (κ1) is 21.8. The molecule has 4 saturated carbocycles. The fourth-order valence-electron chi connectivity index (χ4n) is 6.41. The van der Waals surface area contributed by atoms with Crippen LogP contribution in [0.4, 0.5) is 5.69 Å². The largest absolute Gasteiger partial charge is 0.495 e. The van der Waals surface area contributed by atoms with Gasteiger partial charge in [0.2, 0.25) is 0 Å². The fourth-order valence-corrected chi connectivity index (χ4v) is 6.64. The Bertz CT molecular complexity index is 901. The van der Waals surface area contributed by atoms with Gasteiger partial charge in [0.1, 0.15) is 23.1 Å². The summed E-state index contributed by atoms with van der Waals surface area (Å²) in [6.45, 7) is 2.11. The Kier molecular flexibility index (Phi) is 6.07. The Morgan fingerprint density at radius 2 is 1.74 bits per heavy atom. The van der Waals surface area contributed by atoms with E-state index in [9.17, 15) is 10.1 Å². The number of carbonyl (C=O) groups is 1. The molecule has 1 atom stereocenters. The molecule has 0 radical (unpaired) electrons. The highest BCUT2D eigenvalue weighted by atomic mass is 35.5. The number of nitriles is 1. The third-order valence-corrected chi connectivity index (χ3v) is 7.86. The van der Waals surface area contributed by atoms with Gasteiger partial charge in [0, 0.05) is 24.4 Å². The maximum absolute atomic E-state index is 12.9. The van der Waals surface area contributed by atoms with Crippen LogP contribution in [0, 0.1) is 34.5 Å². The van der Waals surface area contributed by atoms with Crippen LogP contribution in [0.25, 0.3) is 0 Å². The minimum atomic E-state index is -0.349. The molecule has 4 bridgehead atoms. The van der Waals surface area contributed by atoms with Gasteiger partial charge in [0.15, 0.2) is 0 Å². The maximum Gasteiger partial charge on any atom is 0.263 e. The van der Waals surface area contributed by atoms with E-state index in [4.69, 9.17) is 21.1 Å². The molecular weight excluding hydrogens is 414 g/mol. The van der Waals surface area contributed by atoms with Crippen LogP contribution in [0.15, 0.2) is 23.9 Å². The van der Waals surface area contributed by atoms with E-state index < -0.39 is 0 Å². The first-order valence-corrected chi connectivity index (χ1v) is 11.3. The van der Waals surface area contributed by atoms with Gasteiger partial charge in [-0.1, -0.05) is 11.6 Å². The van der Waals surface area contributed by atoms with Crippen LogP contribution in [0.5, 0.6) is 11.5 Å². The summed E-state index contributed by atoms with van der Waals surface area (Å²) >= 11 is 6.14. The van der Waals surface area contributed by atoms with E-state index in [0.717, 1.165) is 17.8 Å². The topological polar surface area (TPSA) is 83.4 Å². The van der Waals surface area contributed by atoms with E-state index in [1.54, 1.807) is 12.1 Å². The van der Waals surface area contributed by atoms with Gasteiger partial charge in [-0.25, -0.2) is 0 Å². The highest BCUT2D eigenvalue weighted by molar-refractivity contribution is 6.32. The van der Waals surface area contributed by atoms with Gasteiger partial charge in [-0.05, 0) is 68.6 Å². The molecule has 6 nitrogen and oxygen atoms in total. The molecule has 1 aromatic rings. The van der Waals surface area contributed by atoms with Crippen molar-refractivity contribution in [1.29, 1.82) is 5.26 Å². The molecule has 2 N–H and O–H groups in total. The summed E-state index contributed by atoms with van der Waals surface area (Å²) in [4.78, 5) is 12.9. The monoisotopic (exact) mass is 443 g/mol. The lowest BCUT2D eigenvalue weighted by Gasteiger charge is -2.59. The van der Waals surface area contributed by atoms with Crippen molar-refractivity contribution in [2.75, 3.05) is 19.5 Å². The van der Waals surface area contributed by atoms with Crippen LogP contribution < -0.4 is 20.1 Å². The van der Waals surface area contributed by atoms with Crippen LogP contribution in [-0.4, -0.2) is 26.2 Å². The SMILES string of the molecule is COc1cc(N/C=C(/C#N)C(=O)NC(C)C23CC4CC(CC(C4)C2)C3)c(OC)cc1Cl. The lowest BCUT2D eigenvalue weighted by atomic mass is 9.48. The van der Waals surface area contributed by atoms with Crippen molar-refractivity contribution in [3.05, 3.63) is 28.9 Å². The number of nitrogens with zero attached hydrogens (tertiary/aromatic N) is 1. The smallest absolute Gasteiger partial charge is 0.263 e. The van der Waals surface area contributed by atoms with Gasteiger partial charge in [-0.3, -0.25) is 4.79 Å². The zero-order valence-electron chi connectivity index (χ0n) is 18.3. The summed E-state index contributed by atoms with van der Waals surface area (Å²) in [5, 5.41) is 16.1. The Labute approximate surface area is 188 Å². The Balaban J connectivity index is 1.47. The minimum absolute atomic E-state index is 0.0209. The van der Waals surface area contributed by atoms with Crippen molar-refractivity contribution in [1.82, 2.24) is 5.32 Å². The van der Waals surface area contributed by atoms with E-state index in [-0.39, 0.29) is 22.9 Å². The zero-order chi connectivity index (χ0) is 22.2. The van der Waals surface area contributed by atoms with Gasteiger partial charge in [-0.15, -0.1) is 0 Å². The van der Waals surface area contributed by atoms with Crippen molar-refractivity contribution in [2.45, 2.75) is 51.5 Å². The summed E-state index contributed by atoms with van der Waals surface area (Å²) in [6.07, 6.45) is 9.09. The molecule has 0 aliphatic heterocycles. The standard InChI is InChI=1S/C24H30ClN3O3/c1-14(24-9-15-4-16(10-24)6-17(5-15)11-24)28-23(29)18(12-26)13-27-20-8-21(30-2)19(25)7-22(20)31-3/h7-8,13-17,27H,4-6,9-11H2,1-3H3,(H,28,29)/b18-13-. The van der Waals surface area contributed by atoms with Crippen LogP contribution in [-0.2, 0) is 4.79 Å². The molecule has 5 rings (SSSR count). The van der Waals surface area contributed by atoms with E-state index in [2.05, 4.69) is 17.6 Å². The molecule has 1 amide bonds. The molecule has 0 saturated heterocycles. The van der Waals surface area contributed by atoms with Crippen molar-refractivity contribution in [3.63, 3.8) is 0 Å². The minimum Gasteiger partial charge on any atom is -0.495 e. The number of benzene rings is 1. The number of anilines is 1. The number of nitrogens with one attached hydrogen (secondary N) is 2. The molecule has 166 valence electrons. The van der Waals surface area contributed by atoms with Gasteiger partial charge < -0.3 is 20.1 Å². The van der Waals surface area contributed by atoms with Gasteiger partial charge >= 0.3 is 0 Å². The highest BCUT2D eigenvalue weighted by Crippen LogP contribution is 2.61. The van der Waals surface area contributed by atoms with Crippen LogP contribution in [0.2, 0.25) is 5.02 Å². The maximum atomic E-state index is 12.9. The highest BCUT2D eigenvalue weighted by Gasteiger charge is 2.53. The third kappa shape index (κ3) is 4.21. The van der Waals surface area contributed by atoms with Crippen LogP contribution in [0.3, 0.4) is 0 Å². The molecule has 1 aromatic carbocycles. The number of hydrogen-bond donors (Lipinski definition) is 2. The quantitative estimate of drug-likeness (QED) is 0.462. The van der Waals surface area contributed by atoms with Crippen molar-refractivity contribution in [2.24, 2.45) is 23.2 Å². The number of methoxy groups -OCH3 is 2. The predicted molar refractivity (Wildman–Crippen MR) is 120 cm³/mol. The lowest BCUT2D eigenvalue weighted by molar-refractivity contribution is -0.122. The van der Waals surface area contributed by atoms with E-state index in [0.29, 0.717) is 22.2 Å². The molecule has 1 unspecified atom stereocenters. The fraction of sp³-hybridized carbons (Fsp3) is 0.583. The van der Waals surface area contributed by atoms with E-state index >= 15 is 0 Å². The summed E-state index contributed by atoms with van der Waals surface area (Å²) in [5.41, 5.74) is 0.761. The molecule has 0 aromatic heterocycles. The molecule has 31 heavy (non-hydrogen) atoms. The normalized spacial score (nSPS) is 29.8. The van der Waals surface area contributed by atoms with Crippen molar-refractivity contribution in [3.8, 4) is 17.6 Å². The first-order valence-electron chi connectivity index (χ1n) is 11.0. The van der Waals surface area contributed by atoms with Crippen molar-refractivity contribution < 1.29 is 14.3 Å². The summed E-state index contributed by atoms with van der Waals surface area (Å²) in [7, 11) is 3.05. The Hall–Kier alpha value is -2.39. The number of hydrogen-bond acceptors (Lipinski definition) is 5.